The quantitative estimate of drug-likeness (QED) is 0.344. The summed E-state index contributed by atoms with van der Waals surface area (Å²) >= 11 is 0. The van der Waals surface area contributed by atoms with Crippen molar-refractivity contribution in [3.63, 3.8) is 0 Å². The Kier molecular flexibility index (Phi) is 4.23. The van der Waals surface area contributed by atoms with E-state index in [1.165, 1.54) is 0 Å². The molecule has 0 bridgehead atoms. The highest BCUT2D eigenvalue weighted by Gasteiger charge is 2.07. The first kappa shape index (κ1) is 11.1. The molecule has 1 N–H and O–H groups in total. The van der Waals surface area contributed by atoms with E-state index in [1.54, 1.807) is 24.3 Å². The van der Waals surface area contributed by atoms with Crippen LogP contribution in [0.3, 0.4) is 0 Å². The Hall–Kier alpha value is -1.96. The minimum atomic E-state index is -0.122. The van der Waals surface area contributed by atoms with Crippen molar-refractivity contribution in [3.05, 3.63) is 59.7 Å². The van der Waals surface area contributed by atoms with E-state index in [4.69, 9.17) is 5.41 Å². The zero-order valence-corrected chi connectivity index (χ0v) is 8.60. The highest BCUT2D eigenvalue weighted by Crippen LogP contribution is 2.06. The second kappa shape index (κ2) is 5.70. The molecule has 0 aromatic heterocycles. The van der Waals surface area contributed by atoms with E-state index in [0.717, 1.165) is 6.21 Å². The molecule has 0 atom stereocenters. The van der Waals surface area contributed by atoms with Gasteiger partial charge in [0.05, 0.1) is 0 Å². The lowest BCUT2D eigenvalue weighted by Crippen LogP contribution is -2.03. The van der Waals surface area contributed by atoms with Crippen molar-refractivity contribution in [1.82, 2.24) is 0 Å². The van der Waals surface area contributed by atoms with E-state index in [2.05, 4.69) is 0 Å². The van der Waals surface area contributed by atoms with Gasteiger partial charge in [0.1, 0.15) is 0 Å². The summed E-state index contributed by atoms with van der Waals surface area (Å²) < 4.78 is 0. The van der Waals surface area contributed by atoms with E-state index in [-0.39, 0.29) is 5.78 Å². The Morgan fingerprint density at radius 1 is 1.27 bits per heavy atom. The molecule has 76 valence electrons. The summed E-state index contributed by atoms with van der Waals surface area (Å²) in [6, 6.07) is 8.97. The second-order valence-corrected chi connectivity index (χ2v) is 2.99. The van der Waals surface area contributed by atoms with Crippen molar-refractivity contribution >= 4 is 12.0 Å². The van der Waals surface area contributed by atoms with Crippen LogP contribution in [0.5, 0.6) is 0 Å². The Labute approximate surface area is 89.5 Å². The molecule has 1 rings (SSSR count). The van der Waals surface area contributed by atoms with Crippen LogP contribution in [0.4, 0.5) is 0 Å². The lowest BCUT2D eigenvalue weighted by Gasteiger charge is -1.99. The van der Waals surface area contributed by atoms with Crippen LogP contribution in [0, 0.1) is 5.41 Å². The van der Waals surface area contributed by atoms with Crippen LogP contribution in [0.25, 0.3) is 0 Å². The van der Waals surface area contributed by atoms with Crippen LogP contribution in [0.1, 0.15) is 17.3 Å². The second-order valence-electron chi connectivity index (χ2n) is 2.99. The maximum atomic E-state index is 11.8. The van der Waals surface area contributed by atoms with Crippen molar-refractivity contribution in [3.8, 4) is 0 Å². The zero-order valence-electron chi connectivity index (χ0n) is 8.60. The molecule has 0 heterocycles. The van der Waals surface area contributed by atoms with Crippen molar-refractivity contribution in [1.29, 1.82) is 5.41 Å². The molecule has 0 unspecified atom stereocenters. The number of ketones is 1. The molecule has 0 saturated heterocycles. The molecule has 0 amide bonds. The standard InChI is InChI=1S/C13H13NO/c1-2-3-7-12(10-14)13(15)11-8-5-4-6-9-11/h2-10,14H,1H3/b3-2-,12-7+,14-10?. The molecular weight excluding hydrogens is 186 g/mol. The van der Waals surface area contributed by atoms with Gasteiger partial charge in [-0.15, -0.1) is 0 Å². The van der Waals surface area contributed by atoms with Gasteiger partial charge in [-0.1, -0.05) is 42.5 Å². The van der Waals surface area contributed by atoms with E-state index in [0.29, 0.717) is 11.1 Å². The van der Waals surface area contributed by atoms with Crippen LogP contribution < -0.4 is 0 Å². The molecule has 2 heteroatoms. The van der Waals surface area contributed by atoms with Gasteiger partial charge < -0.3 is 5.41 Å². The van der Waals surface area contributed by atoms with Crippen molar-refractivity contribution in [2.45, 2.75) is 6.92 Å². The third kappa shape index (κ3) is 3.02. The van der Waals surface area contributed by atoms with E-state index >= 15 is 0 Å². The maximum absolute atomic E-state index is 11.8. The number of hydrogen-bond acceptors (Lipinski definition) is 2. The minimum Gasteiger partial charge on any atom is -0.308 e. The predicted molar refractivity (Wildman–Crippen MR) is 62.5 cm³/mol. The van der Waals surface area contributed by atoms with E-state index in [9.17, 15) is 4.79 Å². The van der Waals surface area contributed by atoms with Crippen molar-refractivity contribution < 1.29 is 4.79 Å². The minimum absolute atomic E-state index is 0.122. The summed E-state index contributed by atoms with van der Waals surface area (Å²) in [6.45, 7) is 1.87. The third-order valence-corrected chi connectivity index (χ3v) is 1.92. The summed E-state index contributed by atoms with van der Waals surface area (Å²) in [5, 5.41) is 7.17. The SMILES string of the molecule is C/C=C\C=C(/C=N)C(=O)c1ccccc1. The Balaban J connectivity index is 2.97. The van der Waals surface area contributed by atoms with Crippen molar-refractivity contribution in [2.75, 3.05) is 0 Å². The molecule has 0 aliphatic rings. The number of carbonyl (C=O) groups excluding carboxylic acids is 1. The Bertz CT molecular complexity index is 402. The molecule has 2 nitrogen and oxygen atoms in total. The first-order chi connectivity index (χ1) is 7.29. The van der Waals surface area contributed by atoms with Crippen LogP contribution in [-0.2, 0) is 0 Å². The average Bonchev–Trinajstić information content (AvgIpc) is 2.31. The normalized spacial score (nSPS) is 11.7. The lowest BCUT2D eigenvalue weighted by atomic mass is 10.0. The molecule has 0 spiro atoms. The van der Waals surface area contributed by atoms with Crippen LogP contribution >= 0.6 is 0 Å². The average molecular weight is 199 g/mol. The number of carbonyl (C=O) groups is 1. The summed E-state index contributed by atoms with van der Waals surface area (Å²) in [5.41, 5.74) is 0.996. The highest BCUT2D eigenvalue weighted by molar-refractivity contribution is 6.20. The first-order valence-corrected chi connectivity index (χ1v) is 4.72. The van der Waals surface area contributed by atoms with Crippen molar-refractivity contribution in [2.24, 2.45) is 0 Å². The van der Waals surface area contributed by atoms with Gasteiger partial charge in [-0.25, -0.2) is 0 Å². The summed E-state index contributed by atoms with van der Waals surface area (Å²) in [7, 11) is 0. The molecule has 0 fully saturated rings. The Morgan fingerprint density at radius 3 is 2.47 bits per heavy atom. The van der Waals surface area contributed by atoms with Gasteiger partial charge in [0.25, 0.3) is 0 Å². The summed E-state index contributed by atoms with van der Waals surface area (Å²) in [5.74, 6) is -0.122. The van der Waals surface area contributed by atoms with Gasteiger partial charge in [-0.3, -0.25) is 4.79 Å². The number of hydrogen-bond donors (Lipinski definition) is 1. The topological polar surface area (TPSA) is 40.9 Å². The van der Waals surface area contributed by atoms with Gasteiger partial charge in [-0.05, 0) is 13.0 Å². The molecular formula is C13H13NO. The fraction of sp³-hybridized carbons (Fsp3) is 0.0769. The highest BCUT2D eigenvalue weighted by atomic mass is 16.1. The fourth-order valence-electron chi connectivity index (χ4n) is 1.15. The zero-order chi connectivity index (χ0) is 11.1. The van der Waals surface area contributed by atoms with E-state index in [1.807, 2.05) is 31.2 Å². The monoisotopic (exact) mass is 199 g/mol. The van der Waals surface area contributed by atoms with Crippen LogP contribution in [0.2, 0.25) is 0 Å². The Morgan fingerprint density at radius 2 is 1.93 bits per heavy atom. The molecule has 0 aliphatic heterocycles. The van der Waals surface area contributed by atoms with Gasteiger partial charge in [0.15, 0.2) is 5.78 Å². The molecule has 1 aromatic rings. The molecule has 15 heavy (non-hydrogen) atoms. The first-order valence-electron chi connectivity index (χ1n) is 4.72. The number of Topliss-reactive ketones (excluding diaryl/α,β-unsaturated/α-hetero) is 1. The largest absolute Gasteiger partial charge is 0.308 e. The van der Waals surface area contributed by atoms with E-state index < -0.39 is 0 Å². The number of benzene rings is 1. The molecule has 0 radical (unpaired) electrons. The lowest BCUT2D eigenvalue weighted by molar-refractivity contribution is 0.104. The fourth-order valence-corrected chi connectivity index (χ4v) is 1.15. The van der Waals surface area contributed by atoms with Gasteiger partial charge in [0, 0.05) is 17.4 Å². The smallest absolute Gasteiger partial charge is 0.194 e. The molecule has 1 aromatic carbocycles. The number of nitrogens with one attached hydrogen (secondary N) is 1. The molecule has 0 saturated carbocycles. The number of rotatable bonds is 4. The molecule has 0 aliphatic carbocycles. The van der Waals surface area contributed by atoms with Gasteiger partial charge >= 0.3 is 0 Å². The maximum Gasteiger partial charge on any atom is 0.194 e. The third-order valence-electron chi connectivity index (χ3n) is 1.92. The number of allylic oxidation sites excluding steroid dienone is 4. The van der Waals surface area contributed by atoms with Gasteiger partial charge in [-0.2, -0.15) is 0 Å². The summed E-state index contributed by atoms with van der Waals surface area (Å²) in [6.07, 6.45) is 6.29. The van der Waals surface area contributed by atoms with Gasteiger partial charge in [0.2, 0.25) is 0 Å². The van der Waals surface area contributed by atoms with Crippen LogP contribution in [0.15, 0.2) is 54.1 Å². The summed E-state index contributed by atoms with van der Waals surface area (Å²) in [4.78, 5) is 11.8. The predicted octanol–water partition coefficient (Wildman–Crippen LogP) is 3.02. The van der Waals surface area contributed by atoms with Crippen LogP contribution in [-0.4, -0.2) is 12.0 Å².